The molecule has 0 aliphatic carbocycles. The summed E-state index contributed by atoms with van der Waals surface area (Å²) in [6.07, 6.45) is 6.27. The fraction of sp³-hybridized carbons (Fsp3) is 0.190. The molecule has 2 aromatic rings. The van der Waals surface area contributed by atoms with E-state index in [4.69, 9.17) is 9.47 Å². The monoisotopic (exact) mass is 335 g/mol. The number of ether oxygens (including phenoxy) is 2. The van der Waals surface area contributed by atoms with E-state index < -0.39 is 0 Å². The summed E-state index contributed by atoms with van der Waals surface area (Å²) in [5, 5.41) is 2.90. The van der Waals surface area contributed by atoms with Gasteiger partial charge in [-0.1, -0.05) is 43.3 Å². The first kappa shape index (κ1) is 16.8. The van der Waals surface area contributed by atoms with Crippen LogP contribution in [0.25, 0.3) is 6.08 Å². The number of carbonyl (C=O) groups excluding carboxylic acids is 1. The Kier molecular flexibility index (Phi) is 5.19. The van der Waals surface area contributed by atoms with Crippen molar-refractivity contribution in [1.82, 2.24) is 0 Å². The van der Waals surface area contributed by atoms with Crippen molar-refractivity contribution in [2.24, 2.45) is 0 Å². The second-order valence-electron chi connectivity index (χ2n) is 5.82. The first-order chi connectivity index (χ1) is 12.2. The fourth-order valence-electron chi connectivity index (χ4n) is 2.56. The number of rotatable bonds is 5. The van der Waals surface area contributed by atoms with Gasteiger partial charge in [-0.05, 0) is 48.2 Å². The number of aryl methyl sites for hydroxylation is 1. The molecule has 1 aliphatic rings. The SMILES string of the molecule is CCC(/C=C/C(=O)Nc1ccccc1C)=C\c1ccc2c(c1)OCO2. The predicted molar refractivity (Wildman–Crippen MR) is 99.8 cm³/mol. The number of benzene rings is 2. The van der Waals surface area contributed by atoms with Crippen LogP contribution in [0.1, 0.15) is 24.5 Å². The van der Waals surface area contributed by atoms with E-state index in [-0.39, 0.29) is 12.7 Å². The largest absolute Gasteiger partial charge is 0.454 e. The zero-order valence-electron chi connectivity index (χ0n) is 14.4. The van der Waals surface area contributed by atoms with Gasteiger partial charge in [-0.3, -0.25) is 4.79 Å². The number of nitrogens with one attached hydrogen (secondary N) is 1. The number of para-hydroxylation sites is 1. The summed E-state index contributed by atoms with van der Waals surface area (Å²) >= 11 is 0. The van der Waals surface area contributed by atoms with Gasteiger partial charge < -0.3 is 14.8 Å². The van der Waals surface area contributed by atoms with Gasteiger partial charge in [-0.25, -0.2) is 0 Å². The van der Waals surface area contributed by atoms with Gasteiger partial charge in [0.25, 0.3) is 0 Å². The molecular formula is C21H21NO3. The maximum absolute atomic E-state index is 12.1. The van der Waals surface area contributed by atoms with Crippen LogP contribution >= 0.6 is 0 Å². The highest BCUT2D eigenvalue weighted by molar-refractivity contribution is 6.00. The fourth-order valence-corrected chi connectivity index (χ4v) is 2.56. The molecule has 0 radical (unpaired) electrons. The second kappa shape index (κ2) is 7.71. The molecule has 1 N–H and O–H groups in total. The second-order valence-corrected chi connectivity index (χ2v) is 5.82. The zero-order valence-corrected chi connectivity index (χ0v) is 14.4. The van der Waals surface area contributed by atoms with Crippen LogP contribution in [0.4, 0.5) is 5.69 Å². The summed E-state index contributed by atoms with van der Waals surface area (Å²) < 4.78 is 10.7. The molecular weight excluding hydrogens is 314 g/mol. The molecule has 2 aromatic carbocycles. The van der Waals surface area contributed by atoms with Crippen molar-refractivity contribution in [3.8, 4) is 11.5 Å². The van der Waals surface area contributed by atoms with Crippen molar-refractivity contribution in [1.29, 1.82) is 0 Å². The lowest BCUT2D eigenvalue weighted by molar-refractivity contribution is -0.111. The summed E-state index contributed by atoms with van der Waals surface area (Å²) in [7, 11) is 0. The van der Waals surface area contributed by atoms with E-state index in [1.807, 2.05) is 61.5 Å². The Morgan fingerprint density at radius 2 is 1.92 bits per heavy atom. The molecule has 0 saturated carbocycles. The normalized spacial score (nSPS) is 13.3. The zero-order chi connectivity index (χ0) is 17.6. The van der Waals surface area contributed by atoms with E-state index >= 15 is 0 Å². The molecule has 4 nitrogen and oxygen atoms in total. The number of amides is 1. The molecule has 0 unspecified atom stereocenters. The summed E-state index contributed by atoms with van der Waals surface area (Å²) in [5.41, 5.74) is 3.94. The van der Waals surface area contributed by atoms with Crippen molar-refractivity contribution in [3.63, 3.8) is 0 Å². The summed E-state index contributed by atoms with van der Waals surface area (Å²) in [4.78, 5) is 12.1. The van der Waals surface area contributed by atoms with Crippen LogP contribution in [0, 0.1) is 6.92 Å². The highest BCUT2D eigenvalue weighted by atomic mass is 16.7. The number of anilines is 1. The molecule has 0 bridgehead atoms. The van der Waals surface area contributed by atoms with Crippen molar-refractivity contribution < 1.29 is 14.3 Å². The maximum atomic E-state index is 12.1. The topological polar surface area (TPSA) is 47.6 Å². The molecule has 3 rings (SSSR count). The summed E-state index contributed by atoms with van der Waals surface area (Å²) in [6, 6.07) is 13.5. The molecule has 1 aliphatic heterocycles. The van der Waals surface area contributed by atoms with Crippen LogP contribution in [0.15, 0.2) is 60.2 Å². The number of hydrogen-bond acceptors (Lipinski definition) is 3. The van der Waals surface area contributed by atoms with Gasteiger partial charge in [-0.15, -0.1) is 0 Å². The van der Waals surface area contributed by atoms with Crippen LogP contribution in [0.5, 0.6) is 11.5 Å². The standard InChI is InChI=1S/C21H21NO3/c1-3-16(12-17-8-10-19-20(13-17)25-14-24-19)9-11-21(23)22-18-7-5-4-6-15(18)2/h4-13H,3,14H2,1-2H3,(H,22,23)/b11-9+,16-12+. The van der Waals surface area contributed by atoms with Gasteiger partial charge in [-0.2, -0.15) is 0 Å². The van der Waals surface area contributed by atoms with Gasteiger partial charge in [0, 0.05) is 11.8 Å². The molecule has 0 saturated heterocycles. The van der Waals surface area contributed by atoms with E-state index in [0.29, 0.717) is 0 Å². The minimum absolute atomic E-state index is 0.140. The van der Waals surface area contributed by atoms with Crippen LogP contribution in [0.3, 0.4) is 0 Å². The maximum Gasteiger partial charge on any atom is 0.248 e. The quantitative estimate of drug-likeness (QED) is 0.636. The van der Waals surface area contributed by atoms with Gasteiger partial charge in [0.1, 0.15) is 0 Å². The smallest absolute Gasteiger partial charge is 0.248 e. The average molecular weight is 335 g/mol. The van der Waals surface area contributed by atoms with Gasteiger partial charge in [0.15, 0.2) is 11.5 Å². The van der Waals surface area contributed by atoms with Crippen molar-refractivity contribution >= 4 is 17.7 Å². The van der Waals surface area contributed by atoms with E-state index in [2.05, 4.69) is 12.2 Å². The first-order valence-corrected chi connectivity index (χ1v) is 8.30. The lowest BCUT2D eigenvalue weighted by Crippen LogP contribution is -2.08. The van der Waals surface area contributed by atoms with Crippen molar-refractivity contribution in [2.45, 2.75) is 20.3 Å². The Labute approximate surface area is 147 Å². The third-order valence-corrected chi connectivity index (χ3v) is 4.01. The Morgan fingerprint density at radius 1 is 1.12 bits per heavy atom. The van der Waals surface area contributed by atoms with E-state index in [1.54, 1.807) is 6.08 Å². The summed E-state index contributed by atoms with van der Waals surface area (Å²) in [6.45, 7) is 4.29. The van der Waals surface area contributed by atoms with Crippen LogP contribution in [-0.4, -0.2) is 12.7 Å². The minimum Gasteiger partial charge on any atom is -0.454 e. The van der Waals surface area contributed by atoms with E-state index in [9.17, 15) is 4.79 Å². The molecule has 1 amide bonds. The number of fused-ring (bicyclic) bond motifs is 1. The number of hydrogen-bond donors (Lipinski definition) is 1. The van der Waals surface area contributed by atoms with Crippen LogP contribution < -0.4 is 14.8 Å². The molecule has 0 aromatic heterocycles. The Morgan fingerprint density at radius 3 is 2.72 bits per heavy atom. The van der Waals surface area contributed by atoms with Crippen LogP contribution in [-0.2, 0) is 4.79 Å². The van der Waals surface area contributed by atoms with Crippen molar-refractivity contribution in [3.05, 3.63) is 71.3 Å². The predicted octanol–water partition coefficient (Wildman–Crippen LogP) is 4.71. The average Bonchev–Trinajstić information content (AvgIpc) is 3.08. The third-order valence-electron chi connectivity index (χ3n) is 4.01. The highest BCUT2D eigenvalue weighted by Crippen LogP contribution is 2.33. The molecule has 128 valence electrons. The molecule has 0 fully saturated rings. The molecule has 4 heteroatoms. The van der Waals surface area contributed by atoms with Gasteiger partial charge in [0.05, 0.1) is 0 Å². The number of carbonyl (C=O) groups is 1. The Hall–Kier alpha value is -3.01. The van der Waals surface area contributed by atoms with E-state index in [1.165, 1.54) is 0 Å². The van der Waals surface area contributed by atoms with Gasteiger partial charge in [0.2, 0.25) is 12.7 Å². The Balaban J connectivity index is 1.69. The molecule has 25 heavy (non-hydrogen) atoms. The molecule has 1 heterocycles. The van der Waals surface area contributed by atoms with Gasteiger partial charge >= 0.3 is 0 Å². The lowest BCUT2D eigenvalue weighted by Gasteiger charge is -2.05. The van der Waals surface area contributed by atoms with Crippen molar-refractivity contribution in [2.75, 3.05) is 12.1 Å². The molecule has 0 spiro atoms. The molecule has 0 atom stereocenters. The number of allylic oxidation sites excluding steroid dienone is 2. The minimum atomic E-state index is -0.140. The first-order valence-electron chi connectivity index (χ1n) is 8.30. The van der Waals surface area contributed by atoms with E-state index in [0.717, 1.165) is 40.3 Å². The third kappa shape index (κ3) is 4.29. The highest BCUT2D eigenvalue weighted by Gasteiger charge is 2.12. The summed E-state index contributed by atoms with van der Waals surface area (Å²) in [5.74, 6) is 1.38. The Bertz CT molecular complexity index is 837. The lowest BCUT2D eigenvalue weighted by atomic mass is 10.1. The van der Waals surface area contributed by atoms with Crippen LogP contribution in [0.2, 0.25) is 0 Å².